The number of rotatable bonds is 2. The molecular weight excluding hydrogens is 236 g/mol. The molecule has 0 bridgehead atoms. The van der Waals surface area contributed by atoms with Crippen LogP contribution in [-0.2, 0) is 0 Å². The highest BCUT2D eigenvalue weighted by molar-refractivity contribution is 7.08. The lowest BCUT2D eigenvalue weighted by atomic mass is 10.2. The Morgan fingerprint density at radius 2 is 2.24 bits per heavy atom. The molecule has 0 atom stereocenters. The van der Waals surface area contributed by atoms with Crippen LogP contribution < -0.4 is 5.73 Å². The minimum absolute atomic E-state index is 0.196. The summed E-state index contributed by atoms with van der Waals surface area (Å²) in [7, 11) is 0. The third-order valence-corrected chi connectivity index (χ3v) is 3.16. The second-order valence-corrected chi connectivity index (χ2v) is 4.27. The first kappa shape index (κ1) is 9.98. The van der Waals surface area contributed by atoms with Crippen molar-refractivity contribution in [3.8, 4) is 11.3 Å². The predicted molar refractivity (Wildman–Crippen MR) is 64.8 cm³/mol. The van der Waals surface area contributed by atoms with Gasteiger partial charge < -0.3 is 5.73 Å². The van der Waals surface area contributed by atoms with Gasteiger partial charge in [-0.15, -0.1) is 0 Å². The summed E-state index contributed by atoms with van der Waals surface area (Å²) in [5.74, 6) is -0.567. The third kappa shape index (κ3) is 1.50. The SMILES string of the molecule is NC(=O)c1ncn2c(-c3ccsc3)ccnc12. The highest BCUT2D eigenvalue weighted by Gasteiger charge is 2.13. The number of aromatic nitrogens is 3. The monoisotopic (exact) mass is 244 g/mol. The number of amides is 1. The minimum atomic E-state index is -0.567. The van der Waals surface area contributed by atoms with Crippen molar-refractivity contribution in [2.75, 3.05) is 0 Å². The molecule has 2 N–H and O–H groups in total. The predicted octanol–water partition coefficient (Wildman–Crippen LogP) is 1.56. The van der Waals surface area contributed by atoms with E-state index < -0.39 is 5.91 Å². The molecule has 0 saturated heterocycles. The smallest absolute Gasteiger partial charge is 0.271 e. The first-order chi connectivity index (χ1) is 8.27. The normalized spacial score (nSPS) is 10.8. The Morgan fingerprint density at radius 3 is 2.94 bits per heavy atom. The van der Waals surface area contributed by atoms with Crippen LogP contribution in [0.3, 0.4) is 0 Å². The van der Waals surface area contributed by atoms with Crippen molar-refractivity contribution in [2.45, 2.75) is 0 Å². The Labute approximate surface area is 101 Å². The molecule has 0 saturated carbocycles. The Hall–Kier alpha value is -2.21. The van der Waals surface area contributed by atoms with Crippen LogP contribution in [0.1, 0.15) is 10.5 Å². The summed E-state index contributed by atoms with van der Waals surface area (Å²) in [5, 5.41) is 4.02. The van der Waals surface area contributed by atoms with E-state index in [1.54, 1.807) is 28.3 Å². The largest absolute Gasteiger partial charge is 0.364 e. The average molecular weight is 244 g/mol. The van der Waals surface area contributed by atoms with Crippen LogP contribution in [0.4, 0.5) is 0 Å². The second kappa shape index (κ2) is 3.67. The molecule has 0 unspecified atom stereocenters. The Morgan fingerprint density at radius 1 is 1.35 bits per heavy atom. The number of carbonyl (C=O) groups excluding carboxylic acids is 1. The zero-order chi connectivity index (χ0) is 11.8. The molecule has 0 aliphatic carbocycles. The topological polar surface area (TPSA) is 73.3 Å². The summed E-state index contributed by atoms with van der Waals surface area (Å²) < 4.78 is 1.77. The zero-order valence-electron chi connectivity index (χ0n) is 8.70. The number of nitrogens with two attached hydrogens (primary N) is 1. The van der Waals surface area contributed by atoms with Crippen LogP contribution >= 0.6 is 11.3 Å². The summed E-state index contributed by atoms with van der Waals surface area (Å²) >= 11 is 1.61. The number of hydrogen-bond acceptors (Lipinski definition) is 4. The summed E-state index contributed by atoms with van der Waals surface area (Å²) in [5.41, 5.74) is 7.93. The van der Waals surface area contributed by atoms with E-state index in [9.17, 15) is 4.79 Å². The molecule has 0 spiro atoms. The van der Waals surface area contributed by atoms with E-state index >= 15 is 0 Å². The summed E-state index contributed by atoms with van der Waals surface area (Å²) in [4.78, 5) is 19.3. The maximum atomic E-state index is 11.2. The van der Waals surface area contributed by atoms with Crippen molar-refractivity contribution in [2.24, 2.45) is 5.73 Å². The summed E-state index contributed by atoms with van der Waals surface area (Å²) in [6.45, 7) is 0. The van der Waals surface area contributed by atoms with E-state index in [0.717, 1.165) is 11.3 Å². The molecule has 0 aliphatic rings. The molecule has 0 aromatic carbocycles. The van der Waals surface area contributed by atoms with Gasteiger partial charge in [-0.2, -0.15) is 11.3 Å². The van der Waals surface area contributed by atoms with Gasteiger partial charge in [-0.1, -0.05) is 0 Å². The van der Waals surface area contributed by atoms with Crippen LogP contribution in [0.15, 0.2) is 35.4 Å². The number of thiophene rings is 1. The number of hydrogen-bond donors (Lipinski definition) is 1. The molecule has 1 amide bonds. The Kier molecular flexibility index (Phi) is 2.15. The van der Waals surface area contributed by atoms with Crippen LogP contribution in [0, 0.1) is 0 Å². The molecule has 0 aliphatic heterocycles. The quantitative estimate of drug-likeness (QED) is 0.743. The zero-order valence-corrected chi connectivity index (χ0v) is 9.52. The van der Waals surface area contributed by atoms with Crippen molar-refractivity contribution in [1.29, 1.82) is 0 Å². The molecule has 5 nitrogen and oxygen atoms in total. The lowest BCUT2D eigenvalue weighted by Gasteiger charge is -2.02. The molecular formula is C11H8N4OS. The molecule has 0 fully saturated rings. The maximum absolute atomic E-state index is 11.2. The maximum Gasteiger partial charge on any atom is 0.271 e. The minimum Gasteiger partial charge on any atom is -0.364 e. The van der Waals surface area contributed by atoms with Gasteiger partial charge in [0.15, 0.2) is 11.3 Å². The van der Waals surface area contributed by atoms with Crippen molar-refractivity contribution in [3.63, 3.8) is 0 Å². The molecule has 3 aromatic rings. The molecule has 0 radical (unpaired) electrons. The standard InChI is InChI=1S/C11H8N4OS/c12-10(16)9-11-13-3-1-8(15(11)6-14-9)7-2-4-17-5-7/h1-6H,(H2,12,16). The van der Waals surface area contributed by atoms with Crippen LogP contribution in [-0.4, -0.2) is 20.3 Å². The number of carbonyl (C=O) groups is 1. The van der Waals surface area contributed by atoms with Gasteiger partial charge in [0.1, 0.15) is 6.33 Å². The van der Waals surface area contributed by atoms with Crippen molar-refractivity contribution in [3.05, 3.63) is 41.1 Å². The highest BCUT2D eigenvalue weighted by Crippen LogP contribution is 2.23. The van der Waals surface area contributed by atoms with Gasteiger partial charge in [0.2, 0.25) is 0 Å². The van der Waals surface area contributed by atoms with E-state index in [0.29, 0.717) is 5.65 Å². The fourth-order valence-corrected chi connectivity index (χ4v) is 2.37. The van der Waals surface area contributed by atoms with E-state index in [2.05, 4.69) is 9.97 Å². The van der Waals surface area contributed by atoms with Crippen LogP contribution in [0.5, 0.6) is 0 Å². The highest BCUT2D eigenvalue weighted by atomic mass is 32.1. The molecule has 6 heteroatoms. The molecule has 3 heterocycles. The molecule has 84 valence electrons. The van der Waals surface area contributed by atoms with E-state index in [4.69, 9.17) is 5.73 Å². The first-order valence-corrected chi connectivity index (χ1v) is 5.86. The van der Waals surface area contributed by atoms with E-state index in [-0.39, 0.29) is 5.69 Å². The molecule has 17 heavy (non-hydrogen) atoms. The van der Waals surface area contributed by atoms with Crippen molar-refractivity contribution in [1.82, 2.24) is 14.4 Å². The van der Waals surface area contributed by atoms with Gasteiger partial charge in [-0.25, -0.2) is 9.97 Å². The van der Waals surface area contributed by atoms with E-state index in [1.807, 2.05) is 22.9 Å². The van der Waals surface area contributed by atoms with Crippen molar-refractivity contribution < 1.29 is 4.79 Å². The summed E-state index contributed by atoms with van der Waals surface area (Å²) in [6.07, 6.45) is 3.21. The van der Waals surface area contributed by atoms with Gasteiger partial charge in [0.25, 0.3) is 5.91 Å². The Balaban J connectivity index is 2.32. The first-order valence-electron chi connectivity index (χ1n) is 4.92. The van der Waals surface area contributed by atoms with E-state index in [1.165, 1.54) is 0 Å². The van der Waals surface area contributed by atoms with Gasteiger partial charge in [0, 0.05) is 17.1 Å². The number of imidazole rings is 1. The number of nitrogens with zero attached hydrogens (tertiary/aromatic N) is 3. The van der Waals surface area contributed by atoms with Gasteiger partial charge in [-0.05, 0) is 17.5 Å². The van der Waals surface area contributed by atoms with Crippen LogP contribution in [0.25, 0.3) is 16.9 Å². The summed E-state index contributed by atoms with van der Waals surface area (Å²) in [6, 6.07) is 3.88. The molecule has 3 aromatic heterocycles. The number of primary amides is 1. The number of fused-ring (bicyclic) bond motifs is 1. The third-order valence-electron chi connectivity index (χ3n) is 2.48. The van der Waals surface area contributed by atoms with Gasteiger partial charge >= 0.3 is 0 Å². The average Bonchev–Trinajstić information content (AvgIpc) is 2.97. The van der Waals surface area contributed by atoms with Crippen LogP contribution in [0.2, 0.25) is 0 Å². The lowest BCUT2D eigenvalue weighted by molar-refractivity contribution is 0.0997. The van der Waals surface area contributed by atoms with Gasteiger partial charge in [-0.3, -0.25) is 9.20 Å². The lowest BCUT2D eigenvalue weighted by Crippen LogP contribution is -2.12. The fourth-order valence-electron chi connectivity index (χ4n) is 1.72. The second-order valence-electron chi connectivity index (χ2n) is 3.49. The molecule has 3 rings (SSSR count). The Bertz CT molecular complexity index is 687. The fraction of sp³-hybridized carbons (Fsp3) is 0. The van der Waals surface area contributed by atoms with Gasteiger partial charge in [0.05, 0.1) is 5.69 Å². The van der Waals surface area contributed by atoms with Crippen molar-refractivity contribution >= 4 is 22.9 Å².